The first-order valence-corrected chi connectivity index (χ1v) is 10.6. The number of aromatic nitrogens is 3. The van der Waals surface area contributed by atoms with Crippen LogP contribution in [0.15, 0.2) is 24.3 Å². The third-order valence-corrected chi connectivity index (χ3v) is 5.01. The number of urea groups is 1. The van der Waals surface area contributed by atoms with E-state index in [1.165, 1.54) is 0 Å². The maximum atomic E-state index is 12.8. The Morgan fingerprint density at radius 2 is 2.13 bits per heavy atom. The molecule has 3 rings (SSSR count). The molecule has 0 radical (unpaired) electrons. The first kappa shape index (κ1) is 22.6. The number of hydrogen-bond donors (Lipinski definition) is 2. The molecule has 0 saturated carbocycles. The molecule has 2 heterocycles. The zero-order valence-corrected chi connectivity index (χ0v) is 18.9. The Kier molecular flexibility index (Phi) is 6.82. The molecule has 1 unspecified atom stereocenters. The number of piperidine rings is 1. The molecular weight excluding hydrogens is 396 g/mol. The minimum atomic E-state index is -0.525. The van der Waals surface area contributed by atoms with Crippen LogP contribution in [0.1, 0.15) is 39.4 Å². The zero-order valence-electron chi connectivity index (χ0n) is 18.9. The number of H-pyrrole nitrogens is 1. The average Bonchev–Trinajstić information content (AvgIpc) is 3.13. The maximum Gasteiger partial charge on any atom is 0.410 e. The maximum absolute atomic E-state index is 12.8. The van der Waals surface area contributed by atoms with Gasteiger partial charge in [-0.25, -0.2) is 14.6 Å². The van der Waals surface area contributed by atoms with Gasteiger partial charge in [0.05, 0.1) is 0 Å². The summed E-state index contributed by atoms with van der Waals surface area (Å²) in [6.07, 6.45) is 1.53. The summed E-state index contributed by atoms with van der Waals surface area (Å²) in [6.45, 7) is 9.24. The van der Waals surface area contributed by atoms with E-state index in [9.17, 15) is 9.59 Å². The van der Waals surface area contributed by atoms with Gasteiger partial charge in [0.25, 0.3) is 0 Å². The molecule has 0 aliphatic carbocycles. The highest BCUT2D eigenvalue weighted by Gasteiger charge is 2.27. The molecule has 0 bridgehead atoms. The van der Waals surface area contributed by atoms with Gasteiger partial charge in [0.15, 0.2) is 5.82 Å². The van der Waals surface area contributed by atoms with E-state index in [1.807, 2.05) is 52.0 Å². The summed E-state index contributed by atoms with van der Waals surface area (Å²) in [5.74, 6) is 1.54. The topological polar surface area (TPSA) is 103 Å². The van der Waals surface area contributed by atoms with Crippen LogP contribution in [0.4, 0.5) is 15.3 Å². The van der Waals surface area contributed by atoms with Crippen molar-refractivity contribution < 1.29 is 14.3 Å². The van der Waals surface area contributed by atoms with E-state index in [1.54, 1.807) is 16.8 Å². The normalized spacial score (nSPS) is 16.7. The van der Waals surface area contributed by atoms with Gasteiger partial charge in [0.1, 0.15) is 11.4 Å². The van der Waals surface area contributed by atoms with E-state index >= 15 is 0 Å². The fraction of sp³-hybridized carbons (Fsp3) is 0.545. The summed E-state index contributed by atoms with van der Waals surface area (Å²) in [7, 11) is 1.74. The molecule has 1 aromatic heterocycles. The molecule has 1 fully saturated rings. The number of anilines is 1. The van der Waals surface area contributed by atoms with Gasteiger partial charge in [0, 0.05) is 37.9 Å². The van der Waals surface area contributed by atoms with Gasteiger partial charge in [-0.2, -0.15) is 5.10 Å². The van der Waals surface area contributed by atoms with Crippen LogP contribution in [-0.4, -0.2) is 69.4 Å². The number of aromatic amines is 1. The lowest BCUT2D eigenvalue weighted by Crippen LogP contribution is -2.46. The van der Waals surface area contributed by atoms with Crippen molar-refractivity contribution in [3.05, 3.63) is 30.1 Å². The quantitative estimate of drug-likeness (QED) is 0.769. The molecular formula is C22H32N6O3. The SMILES string of the molecule is Cc1nc(-c2cccc(NC(=O)N3CCCC(CN(C)C(=O)OC(C)(C)C)C3)c2)n[nH]1. The number of nitrogens with zero attached hydrogens (tertiary/aromatic N) is 4. The molecule has 1 saturated heterocycles. The molecule has 9 heteroatoms. The zero-order chi connectivity index (χ0) is 22.6. The second-order valence-corrected chi connectivity index (χ2v) is 9.07. The summed E-state index contributed by atoms with van der Waals surface area (Å²) in [6, 6.07) is 7.33. The van der Waals surface area contributed by atoms with Crippen LogP contribution < -0.4 is 5.32 Å². The largest absolute Gasteiger partial charge is 0.444 e. The van der Waals surface area contributed by atoms with Crippen LogP contribution in [0.2, 0.25) is 0 Å². The number of aryl methyl sites for hydroxylation is 1. The van der Waals surface area contributed by atoms with Crippen molar-refractivity contribution in [3.63, 3.8) is 0 Å². The summed E-state index contributed by atoms with van der Waals surface area (Å²) in [5.41, 5.74) is 0.998. The van der Waals surface area contributed by atoms with Crippen molar-refractivity contribution in [2.24, 2.45) is 5.92 Å². The minimum absolute atomic E-state index is 0.145. The number of carbonyl (C=O) groups is 2. The van der Waals surface area contributed by atoms with Gasteiger partial charge in [0.2, 0.25) is 0 Å². The fourth-order valence-electron chi connectivity index (χ4n) is 3.61. The number of ether oxygens (including phenoxy) is 1. The summed E-state index contributed by atoms with van der Waals surface area (Å²) in [5, 5.41) is 9.97. The monoisotopic (exact) mass is 428 g/mol. The molecule has 0 spiro atoms. The molecule has 1 aliphatic rings. The summed E-state index contributed by atoms with van der Waals surface area (Å²) < 4.78 is 5.43. The van der Waals surface area contributed by atoms with E-state index < -0.39 is 5.60 Å². The number of benzene rings is 1. The van der Waals surface area contributed by atoms with Crippen molar-refractivity contribution in [2.75, 3.05) is 32.0 Å². The van der Waals surface area contributed by atoms with Crippen molar-refractivity contribution in [2.45, 2.75) is 46.1 Å². The van der Waals surface area contributed by atoms with Crippen LogP contribution in [0.25, 0.3) is 11.4 Å². The molecule has 168 valence electrons. The molecule has 3 amide bonds. The lowest BCUT2D eigenvalue weighted by molar-refractivity contribution is 0.0253. The van der Waals surface area contributed by atoms with Gasteiger partial charge in [-0.1, -0.05) is 12.1 Å². The summed E-state index contributed by atoms with van der Waals surface area (Å²) >= 11 is 0. The lowest BCUT2D eigenvalue weighted by atomic mass is 9.98. The Morgan fingerprint density at radius 1 is 1.35 bits per heavy atom. The van der Waals surface area contributed by atoms with E-state index in [2.05, 4.69) is 20.5 Å². The molecule has 2 N–H and O–H groups in total. The second-order valence-electron chi connectivity index (χ2n) is 9.07. The number of carbonyl (C=O) groups excluding carboxylic acids is 2. The van der Waals surface area contributed by atoms with Crippen LogP contribution in [0, 0.1) is 12.8 Å². The van der Waals surface area contributed by atoms with E-state index in [4.69, 9.17) is 4.74 Å². The lowest BCUT2D eigenvalue weighted by Gasteiger charge is -2.35. The van der Waals surface area contributed by atoms with Gasteiger partial charge in [-0.3, -0.25) is 5.10 Å². The first-order valence-electron chi connectivity index (χ1n) is 10.6. The van der Waals surface area contributed by atoms with Crippen molar-refractivity contribution in [1.82, 2.24) is 25.0 Å². The van der Waals surface area contributed by atoms with Crippen molar-refractivity contribution in [1.29, 1.82) is 0 Å². The van der Waals surface area contributed by atoms with Gasteiger partial charge >= 0.3 is 12.1 Å². The van der Waals surface area contributed by atoms with Crippen LogP contribution >= 0.6 is 0 Å². The number of likely N-dealkylation sites (tertiary alicyclic amines) is 1. The van der Waals surface area contributed by atoms with Gasteiger partial charge < -0.3 is 19.9 Å². The Hall–Kier alpha value is -3.10. The standard InChI is InChI=1S/C22H32N6O3/c1-15-23-19(26-25-15)17-9-6-10-18(12-17)24-20(29)28-11-7-8-16(14-28)13-27(5)21(30)31-22(2,3)4/h6,9-10,12,16H,7-8,11,13-14H2,1-5H3,(H,24,29)(H,23,25,26). The van der Waals surface area contributed by atoms with E-state index in [0.717, 1.165) is 24.2 Å². The second kappa shape index (κ2) is 9.36. The molecule has 31 heavy (non-hydrogen) atoms. The highest BCUT2D eigenvalue weighted by Crippen LogP contribution is 2.22. The van der Waals surface area contributed by atoms with Crippen LogP contribution in [-0.2, 0) is 4.74 Å². The fourth-order valence-corrected chi connectivity index (χ4v) is 3.61. The Balaban J connectivity index is 1.57. The van der Waals surface area contributed by atoms with E-state index in [-0.39, 0.29) is 18.0 Å². The first-order chi connectivity index (χ1) is 14.6. The number of amides is 3. The highest BCUT2D eigenvalue weighted by atomic mass is 16.6. The van der Waals surface area contributed by atoms with Gasteiger partial charge in [-0.05, 0) is 58.6 Å². The van der Waals surface area contributed by atoms with Crippen LogP contribution in [0.3, 0.4) is 0 Å². The number of nitrogens with one attached hydrogen (secondary N) is 2. The molecule has 2 aromatic rings. The summed E-state index contributed by atoms with van der Waals surface area (Å²) in [4.78, 5) is 32.8. The van der Waals surface area contributed by atoms with Gasteiger partial charge in [-0.15, -0.1) is 0 Å². The molecule has 1 aromatic carbocycles. The molecule has 9 nitrogen and oxygen atoms in total. The Bertz CT molecular complexity index is 920. The predicted molar refractivity (Wildman–Crippen MR) is 119 cm³/mol. The minimum Gasteiger partial charge on any atom is -0.444 e. The number of hydrogen-bond acceptors (Lipinski definition) is 5. The Labute approximate surface area is 183 Å². The van der Waals surface area contributed by atoms with Crippen molar-refractivity contribution in [3.8, 4) is 11.4 Å². The third-order valence-electron chi connectivity index (χ3n) is 5.01. The molecule has 1 atom stereocenters. The molecule has 1 aliphatic heterocycles. The highest BCUT2D eigenvalue weighted by molar-refractivity contribution is 5.90. The predicted octanol–water partition coefficient (Wildman–Crippen LogP) is 3.89. The van der Waals surface area contributed by atoms with Crippen LogP contribution in [0.5, 0.6) is 0 Å². The average molecular weight is 429 g/mol. The number of rotatable bonds is 4. The third kappa shape index (κ3) is 6.44. The van der Waals surface area contributed by atoms with E-state index in [0.29, 0.717) is 31.1 Å². The smallest absolute Gasteiger partial charge is 0.410 e. The van der Waals surface area contributed by atoms with Crippen molar-refractivity contribution >= 4 is 17.8 Å². The Morgan fingerprint density at radius 3 is 2.81 bits per heavy atom.